The molecular weight excluding hydrogens is 257 g/mol. The number of aliphatic hydroxyl groups excluding tert-OH is 1. The third-order valence-electron chi connectivity index (χ3n) is 3.15. The topological polar surface area (TPSA) is 32.7 Å². The van der Waals surface area contributed by atoms with Gasteiger partial charge in [-0.05, 0) is 24.7 Å². The molecule has 0 amide bonds. The van der Waals surface area contributed by atoms with E-state index < -0.39 is 11.9 Å². The maximum absolute atomic E-state index is 13.0. The van der Waals surface area contributed by atoms with Crippen LogP contribution in [-0.4, -0.2) is 49.0 Å². The lowest BCUT2D eigenvalue weighted by atomic mass is 10.0. The molecule has 0 bridgehead atoms. The molecule has 18 heavy (non-hydrogen) atoms. The van der Waals surface area contributed by atoms with Crippen molar-refractivity contribution in [1.29, 1.82) is 0 Å². The van der Waals surface area contributed by atoms with E-state index in [1.165, 1.54) is 6.07 Å². The molecule has 2 unspecified atom stereocenters. The number of morpholine rings is 1. The monoisotopic (exact) mass is 273 g/mol. The van der Waals surface area contributed by atoms with E-state index in [1.807, 2.05) is 7.05 Å². The molecule has 1 aromatic carbocycles. The van der Waals surface area contributed by atoms with Crippen molar-refractivity contribution < 1.29 is 14.2 Å². The zero-order valence-corrected chi connectivity index (χ0v) is 11.0. The lowest BCUT2D eigenvalue weighted by Gasteiger charge is -2.33. The Bertz CT molecular complexity index is 416. The van der Waals surface area contributed by atoms with E-state index in [4.69, 9.17) is 16.3 Å². The van der Waals surface area contributed by atoms with E-state index >= 15 is 0 Å². The highest BCUT2D eigenvalue weighted by molar-refractivity contribution is 6.30. The summed E-state index contributed by atoms with van der Waals surface area (Å²) >= 11 is 5.71. The molecule has 0 aliphatic carbocycles. The number of benzene rings is 1. The van der Waals surface area contributed by atoms with Gasteiger partial charge in [-0.3, -0.25) is 0 Å². The molecule has 0 aromatic heterocycles. The van der Waals surface area contributed by atoms with Crippen LogP contribution in [0.4, 0.5) is 4.39 Å². The van der Waals surface area contributed by atoms with Crippen molar-refractivity contribution in [2.24, 2.45) is 0 Å². The summed E-state index contributed by atoms with van der Waals surface area (Å²) in [6, 6.07) is 4.50. The number of ether oxygens (including phenoxy) is 1. The second-order valence-corrected chi connectivity index (χ2v) is 5.10. The Morgan fingerprint density at radius 1 is 1.61 bits per heavy atom. The molecule has 5 heteroatoms. The Morgan fingerprint density at radius 2 is 2.39 bits per heavy atom. The second-order valence-electron chi connectivity index (χ2n) is 4.69. The summed E-state index contributed by atoms with van der Waals surface area (Å²) in [5.74, 6) is -0.441. The molecule has 1 aliphatic rings. The lowest BCUT2D eigenvalue weighted by molar-refractivity contribution is -0.0823. The normalized spacial score (nSPS) is 23.0. The van der Waals surface area contributed by atoms with Crippen LogP contribution in [0.15, 0.2) is 18.2 Å². The number of aliphatic hydroxyl groups is 1. The van der Waals surface area contributed by atoms with Crippen LogP contribution in [0.25, 0.3) is 0 Å². The maximum atomic E-state index is 13.0. The second kappa shape index (κ2) is 5.97. The Labute approximate surface area is 111 Å². The van der Waals surface area contributed by atoms with Gasteiger partial charge in [0.25, 0.3) is 0 Å². The molecule has 1 aliphatic heterocycles. The third-order valence-corrected chi connectivity index (χ3v) is 3.44. The predicted octanol–water partition coefficient (Wildman–Crippen LogP) is 1.71. The summed E-state index contributed by atoms with van der Waals surface area (Å²) in [7, 11) is 2.00. The molecular formula is C13H17ClFNO2. The van der Waals surface area contributed by atoms with Gasteiger partial charge in [-0.15, -0.1) is 0 Å². The molecule has 100 valence electrons. The Hall–Kier alpha value is -0.680. The molecule has 0 saturated carbocycles. The standard InChI is InChI=1S/C13H17ClFNO2/c1-16-4-5-18-13(8-16)12(17)7-9-2-3-11(15)10(14)6-9/h2-3,6,12-13,17H,4-5,7-8H2,1H3. The van der Waals surface area contributed by atoms with Crippen molar-refractivity contribution >= 4 is 11.6 Å². The first-order valence-corrected chi connectivity index (χ1v) is 6.36. The van der Waals surface area contributed by atoms with Crippen LogP contribution < -0.4 is 0 Å². The van der Waals surface area contributed by atoms with E-state index in [1.54, 1.807) is 12.1 Å². The highest BCUT2D eigenvalue weighted by atomic mass is 35.5. The predicted molar refractivity (Wildman–Crippen MR) is 68.4 cm³/mol. The smallest absolute Gasteiger partial charge is 0.141 e. The highest BCUT2D eigenvalue weighted by Crippen LogP contribution is 2.19. The number of nitrogens with zero attached hydrogens (tertiary/aromatic N) is 1. The minimum absolute atomic E-state index is 0.0846. The van der Waals surface area contributed by atoms with Crippen LogP contribution in [0.1, 0.15) is 5.56 Å². The van der Waals surface area contributed by atoms with Gasteiger partial charge < -0.3 is 14.7 Å². The van der Waals surface area contributed by atoms with Gasteiger partial charge in [-0.1, -0.05) is 17.7 Å². The third kappa shape index (κ3) is 3.42. The van der Waals surface area contributed by atoms with Gasteiger partial charge in [0.05, 0.1) is 23.8 Å². The number of hydrogen-bond acceptors (Lipinski definition) is 3. The number of rotatable bonds is 3. The zero-order valence-electron chi connectivity index (χ0n) is 10.3. The summed E-state index contributed by atoms with van der Waals surface area (Å²) in [5.41, 5.74) is 0.811. The van der Waals surface area contributed by atoms with Gasteiger partial charge in [-0.25, -0.2) is 4.39 Å². The fourth-order valence-corrected chi connectivity index (χ4v) is 2.29. The van der Waals surface area contributed by atoms with Crippen LogP contribution in [0.3, 0.4) is 0 Å². The van der Waals surface area contributed by atoms with Crippen molar-refractivity contribution in [3.63, 3.8) is 0 Å². The minimum atomic E-state index is -0.603. The van der Waals surface area contributed by atoms with Crippen molar-refractivity contribution in [3.8, 4) is 0 Å². The van der Waals surface area contributed by atoms with Gasteiger partial charge in [0, 0.05) is 19.5 Å². The Balaban J connectivity index is 1.97. The molecule has 2 atom stereocenters. The summed E-state index contributed by atoms with van der Waals surface area (Å²) in [4.78, 5) is 2.12. The fraction of sp³-hybridized carbons (Fsp3) is 0.538. The number of hydrogen-bond donors (Lipinski definition) is 1. The molecule has 1 aromatic rings. The molecule has 1 N–H and O–H groups in total. The first-order chi connectivity index (χ1) is 8.56. The average Bonchev–Trinajstić information content (AvgIpc) is 2.34. The van der Waals surface area contributed by atoms with E-state index in [0.717, 1.165) is 12.1 Å². The lowest BCUT2D eigenvalue weighted by Crippen LogP contribution is -2.46. The molecule has 1 fully saturated rings. The largest absolute Gasteiger partial charge is 0.390 e. The van der Waals surface area contributed by atoms with E-state index in [0.29, 0.717) is 19.6 Å². The van der Waals surface area contributed by atoms with Crippen LogP contribution in [0.5, 0.6) is 0 Å². The van der Waals surface area contributed by atoms with Gasteiger partial charge >= 0.3 is 0 Å². The Morgan fingerprint density at radius 3 is 3.06 bits per heavy atom. The van der Waals surface area contributed by atoms with Crippen molar-refractivity contribution in [2.75, 3.05) is 26.7 Å². The van der Waals surface area contributed by atoms with Gasteiger partial charge in [0.15, 0.2) is 0 Å². The molecule has 3 nitrogen and oxygen atoms in total. The van der Waals surface area contributed by atoms with Gasteiger partial charge in [0.2, 0.25) is 0 Å². The van der Waals surface area contributed by atoms with Gasteiger partial charge in [-0.2, -0.15) is 0 Å². The van der Waals surface area contributed by atoms with E-state index in [-0.39, 0.29) is 11.1 Å². The van der Waals surface area contributed by atoms with Crippen molar-refractivity contribution in [1.82, 2.24) is 4.90 Å². The Kier molecular flexibility index (Phi) is 4.56. The van der Waals surface area contributed by atoms with Crippen LogP contribution >= 0.6 is 11.6 Å². The quantitative estimate of drug-likeness (QED) is 0.910. The van der Waals surface area contributed by atoms with E-state index in [9.17, 15) is 9.50 Å². The highest BCUT2D eigenvalue weighted by Gasteiger charge is 2.25. The fourth-order valence-electron chi connectivity index (χ4n) is 2.08. The van der Waals surface area contributed by atoms with Crippen molar-refractivity contribution in [3.05, 3.63) is 34.6 Å². The summed E-state index contributed by atoms with van der Waals surface area (Å²) in [6.07, 6.45) is -0.389. The summed E-state index contributed by atoms with van der Waals surface area (Å²) in [5, 5.41) is 10.2. The van der Waals surface area contributed by atoms with E-state index in [2.05, 4.69) is 4.90 Å². The van der Waals surface area contributed by atoms with Crippen LogP contribution in [0, 0.1) is 5.82 Å². The molecule has 2 rings (SSSR count). The molecule has 0 spiro atoms. The zero-order chi connectivity index (χ0) is 13.1. The molecule has 0 radical (unpaired) electrons. The molecule has 1 heterocycles. The van der Waals surface area contributed by atoms with Crippen molar-refractivity contribution in [2.45, 2.75) is 18.6 Å². The average molecular weight is 274 g/mol. The summed E-state index contributed by atoms with van der Waals surface area (Å²) < 4.78 is 18.6. The molecule has 1 saturated heterocycles. The van der Waals surface area contributed by atoms with Gasteiger partial charge in [0.1, 0.15) is 5.82 Å². The minimum Gasteiger partial charge on any atom is -0.390 e. The number of likely N-dealkylation sites (N-methyl/N-ethyl adjacent to an activating group) is 1. The first kappa shape index (κ1) is 13.7. The summed E-state index contributed by atoms with van der Waals surface area (Å²) in [6.45, 7) is 2.21. The number of halogens is 2. The van der Waals surface area contributed by atoms with Crippen LogP contribution in [-0.2, 0) is 11.2 Å². The maximum Gasteiger partial charge on any atom is 0.141 e. The first-order valence-electron chi connectivity index (χ1n) is 5.98. The SMILES string of the molecule is CN1CCOC(C(O)Cc2ccc(F)c(Cl)c2)C1. The van der Waals surface area contributed by atoms with Crippen LogP contribution in [0.2, 0.25) is 5.02 Å².